The first kappa shape index (κ1) is 23.8. The monoisotopic (exact) mass is 484 g/mol. The van der Waals surface area contributed by atoms with Crippen molar-refractivity contribution in [2.24, 2.45) is 0 Å². The largest absolute Gasteiger partial charge is 0.573 e. The molecule has 12 heteroatoms. The number of hydrogen-bond acceptors (Lipinski definition) is 8. The molecular weight excluding hydrogens is 465 g/mol. The second kappa shape index (κ2) is 9.74. The van der Waals surface area contributed by atoms with Gasteiger partial charge in [0.1, 0.15) is 16.3 Å². The first-order valence-electron chi connectivity index (χ1n) is 9.32. The Morgan fingerprint density at radius 1 is 1.16 bits per heavy atom. The van der Waals surface area contributed by atoms with Gasteiger partial charge in [-0.15, -0.1) is 34.7 Å². The summed E-state index contributed by atoms with van der Waals surface area (Å²) in [6.07, 6.45) is -4.11. The number of carboxylic acids is 1. The minimum absolute atomic E-state index is 0.303. The summed E-state index contributed by atoms with van der Waals surface area (Å²) in [5, 5.41) is 22.4. The standard InChI is InChI=1S/C20H19F3N4O3S2/c1-19(2,17(28)29)32-18-25-13(11-31-18)9-10-24-16-8-7-15(26-27-16)12-3-5-14(6-4-12)30-20(21,22)23/h3-8,11H,9-10H2,1-2H3,(H,24,27)(H,28,29). The lowest BCUT2D eigenvalue weighted by molar-refractivity contribution is -0.274. The molecule has 0 spiro atoms. The average molecular weight is 485 g/mol. The molecule has 170 valence electrons. The Kier molecular flexibility index (Phi) is 7.24. The number of benzene rings is 1. The third-order valence-corrected chi connectivity index (χ3v) is 6.30. The lowest BCUT2D eigenvalue weighted by atomic mass is 10.1. The Hall–Kier alpha value is -2.86. The van der Waals surface area contributed by atoms with Gasteiger partial charge in [-0.05, 0) is 50.2 Å². The van der Waals surface area contributed by atoms with E-state index in [1.807, 2.05) is 5.38 Å². The molecule has 0 atom stereocenters. The van der Waals surface area contributed by atoms with Crippen LogP contribution in [0.25, 0.3) is 11.3 Å². The molecule has 0 unspecified atom stereocenters. The number of nitrogens with one attached hydrogen (secondary N) is 1. The van der Waals surface area contributed by atoms with Crippen molar-refractivity contribution < 1.29 is 27.8 Å². The fraction of sp³-hybridized carbons (Fsp3) is 0.300. The summed E-state index contributed by atoms with van der Waals surface area (Å²) in [5.41, 5.74) is 1.96. The van der Waals surface area contributed by atoms with Gasteiger partial charge in [0.25, 0.3) is 0 Å². The Morgan fingerprint density at radius 2 is 1.88 bits per heavy atom. The second-order valence-electron chi connectivity index (χ2n) is 7.08. The molecule has 0 amide bonds. The molecular formula is C20H19F3N4O3S2. The minimum atomic E-state index is -4.73. The maximum Gasteiger partial charge on any atom is 0.573 e. The van der Waals surface area contributed by atoms with Gasteiger partial charge in [-0.2, -0.15) is 0 Å². The molecule has 0 saturated carbocycles. The number of rotatable bonds is 9. The predicted molar refractivity (Wildman–Crippen MR) is 116 cm³/mol. The lowest BCUT2D eigenvalue weighted by Crippen LogP contribution is -2.26. The highest BCUT2D eigenvalue weighted by atomic mass is 32.2. The molecule has 0 aliphatic rings. The summed E-state index contributed by atoms with van der Waals surface area (Å²) < 4.78 is 40.3. The first-order valence-corrected chi connectivity index (χ1v) is 11.0. The van der Waals surface area contributed by atoms with Crippen LogP contribution in [0.3, 0.4) is 0 Å². The van der Waals surface area contributed by atoms with E-state index in [4.69, 9.17) is 0 Å². The van der Waals surface area contributed by atoms with E-state index in [-0.39, 0.29) is 5.75 Å². The van der Waals surface area contributed by atoms with Gasteiger partial charge in [-0.25, -0.2) is 4.98 Å². The number of nitrogens with zero attached hydrogens (tertiary/aromatic N) is 3. The molecule has 0 aliphatic carbocycles. The summed E-state index contributed by atoms with van der Waals surface area (Å²) in [7, 11) is 0. The van der Waals surface area contributed by atoms with Crippen LogP contribution < -0.4 is 10.1 Å². The maximum absolute atomic E-state index is 12.2. The molecule has 0 fully saturated rings. The first-order chi connectivity index (χ1) is 15.0. The van der Waals surface area contributed by atoms with Crippen LogP contribution in [0.1, 0.15) is 19.5 Å². The van der Waals surface area contributed by atoms with Gasteiger partial charge in [0, 0.05) is 23.9 Å². The molecule has 3 rings (SSSR count). The number of carboxylic acid groups (broad SMARTS) is 1. The fourth-order valence-corrected chi connectivity index (χ4v) is 4.66. The van der Waals surface area contributed by atoms with Crippen molar-refractivity contribution in [1.29, 1.82) is 0 Å². The van der Waals surface area contributed by atoms with Crippen LogP contribution in [0.5, 0.6) is 5.75 Å². The quantitative estimate of drug-likeness (QED) is 0.405. The van der Waals surface area contributed by atoms with E-state index in [9.17, 15) is 23.1 Å². The highest BCUT2D eigenvalue weighted by molar-refractivity contribution is 8.02. The number of alkyl halides is 3. The number of aliphatic carboxylic acids is 1. The van der Waals surface area contributed by atoms with Crippen molar-refractivity contribution in [2.45, 2.75) is 35.7 Å². The van der Waals surface area contributed by atoms with E-state index in [1.165, 1.54) is 47.4 Å². The fourth-order valence-electron chi connectivity index (χ4n) is 2.44. The second-order valence-corrected chi connectivity index (χ2v) is 9.80. The van der Waals surface area contributed by atoms with E-state index in [0.29, 0.717) is 34.4 Å². The van der Waals surface area contributed by atoms with E-state index in [2.05, 4.69) is 25.2 Å². The van der Waals surface area contributed by atoms with Gasteiger partial charge in [0.2, 0.25) is 0 Å². The van der Waals surface area contributed by atoms with E-state index in [0.717, 1.165) is 5.69 Å². The summed E-state index contributed by atoms with van der Waals surface area (Å²) in [6, 6.07) is 8.81. The smallest absolute Gasteiger partial charge is 0.480 e. The van der Waals surface area contributed by atoms with Crippen LogP contribution in [0, 0.1) is 0 Å². The van der Waals surface area contributed by atoms with Crippen molar-refractivity contribution in [2.75, 3.05) is 11.9 Å². The number of thioether (sulfide) groups is 1. The molecule has 7 nitrogen and oxygen atoms in total. The Labute approximate surface area is 190 Å². The van der Waals surface area contributed by atoms with Crippen molar-refractivity contribution in [1.82, 2.24) is 15.2 Å². The molecule has 3 aromatic rings. The lowest BCUT2D eigenvalue weighted by Gasteiger charge is -2.15. The number of ether oxygens (including phenoxy) is 1. The van der Waals surface area contributed by atoms with Crippen LogP contribution in [0.4, 0.5) is 19.0 Å². The summed E-state index contributed by atoms with van der Waals surface area (Å²) >= 11 is 2.61. The number of aromatic nitrogens is 3. The molecule has 32 heavy (non-hydrogen) atoms. The van der Waals surface area contributed by atoms with E-state index in [1.54, 1.807) is 26.0 Å². The van der Waals surface area contributed by atoms with Crippen LogP contribution in [-0.4, -0.2) is 43.9 Å². The van der Waals surface area contributed by atoms with Gasteiger partial charge >= 0.3 is 12.3 Å². The third kappa shape index (κ3) is 6.82. The third-order valence-electron chi connectivity index (χ3n) is 4.12. The van der Waals surface area contributed by atoms with Gasteiger partial charge in [0.15, 0.2) is 4.34 Å². The Morgan fingerprint density at radius 3 is 2.47 bits per heavy atom. The zero-order valence-corrected chi connectivity index (χ0v) is 18.6. The SMILES string of the molecule is CC(C)(Sc1nc(CCNc2ccc(-c3ccc(OC(F)(F)F)cc3)nn2)cs1)C(=O)O. The molecule has 2 N–H and O–H groups in total. The summed E-state index contributed by atoms with van der Waals surface area (Å²) in [4.78, 5) is 15.7. The summed E-state index contributed by atoms with van der Waals surface area (Å²) in [5.74, 6) is -0.654. The Balaban J connectivity index is 1.51. The molecule has 1 aromatic carbocycles. The van der Waals surface area contributed by atoms with Crippen molar-refractivity contribution >= 4 is 34.9 Å². The molecule has 0 bridgehead atoms. The van der Waals surface area contributed by atoms with E-state index >= 15 is 0 Å². The van der Waals surface area contributed by atoms with Crippen molar-refractivity contribution in [3.8, 4) is 17.0 Å². The van der Waals surface area contributed by atoms with Crippen LogP contribution >= 0.6 is 23.1 Å². The normalized spacial score (nSPS) is 11.9. The van der Waals surface area contributed by atoms with Gasteiger partial charge < -0.3 is 15.2 Å². The topological polar surface area (TPSA) is 97.2 Å². The van der Waals surface area contributed by atoms with Gasteiger partial charge in [-0.1, -0.05) is 11.8 Å². The zero-order chi connectivity index (χ0) is 23.4. The molecule has 0 saturated heterocycles. The number of thiazole rings is 1. The predicted octanol–water partition coefficient (Wildman–Crippen LogP) is 5.11. The minimum Gasteiger partial charge on any atom is -0.480 e. The zero-order valence-electron chi connectivity index (χ0n) is 17.0. The van der Waals surface area contributed by atoms with Crippen LogP contribution in [0.2, 0.25) is 0 Å². The molecule has 2 heterocycles. The highest BCUT2D eigenvalue weighted by Gasteiger charge is 2.31. The maximum atomic E-state index is 12.2. The average Bonchev–Trinajstić information content (AvgIpc) is 3.14. The van der Waals surface area contributed by atoms with Crippen LogP contribution in [-0.2, 0) is 11.2 Å². The molecule has 0 aliphatic heterocycles. The molecule has 0 radical (unpaired) electrons. The Bertz CT molecular complexity index is 1060. The van der Waals surface area contributed by atoms with Crippen LogP contribution in [0.15, 0.2) is 46.1 Å². The highest BCUT2D eigenvalue weighted by Crippen LogP contribution is 2.34. The summed E-state index contributed by atoms with van der Waals surface area (Å²) in [6.45, 7) is 3.82. The number of hydrogen-bond donors (Lipinski definition) is 2. The number of anilines is 1. The number of halogens is 3. The van der Waals surface area contributed by atoms with Crippen molar-refractivity contribution in [3.63, 3.8) is 0 Å². The number of carbonyl (C=O) groups is 1. The van der Waals surface area contributed by atoms with Gasteiger partial charge in [-0.3, -0.25) is 4.79 Å². The van der Waals surface area contributed by atoms with Crippen molar-refractivity contribution in [3.05, 3.63) is 47.5 Å². The molecule has 2 aromatic heterocycles. The van der Waals surface area contributed by atoms with E-state index < -0.39 is 17.1 Å². The van der Waals surface area contributed by atoms with Gasteiger partial charge in [0.05, 0.1) is 11.4 Å².